The molecule has 3 aromatic heterocycles. The van der Waals surface area contributed by atoms with E-state index in [1.54, 1.807) is 49.0 Å². The fourth-order valence-corrected chi connectivity index (χ4v) is 4.42. The molecule has 0 saturated heterocycles. The predicted molar refractivity (Wildman–Crippen MR) is 130 cm³/mol. The number of aromatic nitrogens is 5. The highest BCUT2D eigenvalue weighted by atomic mass is 19.1. The first-order valence-electron chi connectivity index (χ1n) is 11.5. The topological polar surface area (TPSA) is 106 Å². The number of halogens is 1. The Morgan fingerprint density at radius 1 is 1.14 bits per heavy atom. The number of aliphatic hydroxyl groups is 1. The Bertz CT molecular complexity index is 1450. The van der Waals surface area contributed by atoms with Gasteiger partial charge in [-0.25, -0.2) is 24.0 Å². The molecular formula is C26H27FN6O2. The van der Waals surface area contributed by atoms with E-state index in [-0.39, 0.29) is 18.3 Å². The molecule has 0 fully saturated rings. The number of pyridine rings is 1. The lowest BCUT2D eigenvalue weighted by Crippen LogP contribution is -2.28. The Labute approximate surface area is 202 Å². The van der Waals surface area contributed by atoms with E-state index in [1.807, 2.05) is 19.9 Å². The van der Waals surface area contributed by atoms with Gasteiger partial charge in [-0.1, -0.05) is 18.2 Å². The summed E-state index contributed by atoms with van der Waals surface area (Å²) >= 11 is 0. The molecule has 5 rings (SSSR count). The molecule has 0 unspecified atom stereocenters. The third-order valence-corrected chi connectivity index (χ3v) is 6.38. The molecule has 0 bridgehead atoms. The lowest BCUT2D eigenvalue weighted by atomic mass is 9.84. The number of rotatable bonds is 6. The molecule has 0 aliphatic carbocycles. The van der Waals surface area contributed by atoms with Crippen molar-refractivity contribution in [3.63, 3.8) is 0 Å². The van der Waals surface area contributed by atoms with Crippen molar-refractivity contribution < 1.29 is 14.3 Å². The van der Waals surface area contributed by atoms with Gasteiger partial charge in [0, 0.05) is 17.3 Å². The maximum absolute atomic E-state index is 14.4. The fraction of sp³-hybridized carbons (Fsp3) is 0.346. The van der Waals surface area contributed by atoms with Crippen molar-refractivity contribution in [3.05, 3.63) is 65.2 Å². The van der Waals surface area contributed by atoms with Crippen molar-refractivity contribution in [1.29, 1.82) is 0 Å². The smallest absolute Gasteiger partial charge is 0.235 e. The van der Waals surface area contributed by atoms with Gasteiger partial charge < -0.3 is 10.4 Å². The Hall–Kier alpha value is -3.72. The molecule has 0 atom stereocenters. The third kappa shape index (κ3) is 4.16. The number of carbonyl (C=O) groups excluding carboxylic acids is 1. The first-order valence-corrected chi connectivity index (χ1v) is 11.5. The summed E-state index contributed by atoms with van der Waals surface area (Å²) in [6.45, 7) is 7.36. The number of benzene rings is 1. The van der Waals surface area contributed by atoms with Crippen LogP contribution in [0.15, 0.2) is 42.6 Å². The van der Waals surface area contributed by atoms with Crippen molar-refractivity contribution in [2.24, 2.45) is 0 Å². The standard InChI is InChI=1S/C26H27FN6O2/c1-25(2,35)12-11-18-19-21(31-24(34)26(19,3)4)30-22(29-18)20-16-9-7-13-28-23(16)33(32-20)14-15-8-5-6-10-17(15)27/h5-10,13,35H,11-12,14H2,1-4H3,(H,29,30,31,34). The zero-order valence-electron chi connectivity index (χ0n) is 20.1. The minimum atomic E-state index is -0.893. The lowest BCUT2D eigenvalue weighted by Gasteiger charge is -2.21. The summed E-state index contributed by atoms with van der Waals surface area (Å²) in [6.07, 6.45) is 2.59. The van der Waals surface area contributed by atoms with Crippen LogP contribution < -0.4 is 5.32 Å². The molecule has 35 heavy (non-hydrogen) atoms. The van der Waals surface area contributed by atoms with Gasteiger partial charge in [-0.3, -0.25) is 4.79 Å². The number of anilines is 1. The molecule has 8 nitrogen and oxygen atoms in total. The van der Waals surface area contributed by atoms with E-state index in [0.29, 0.717) is 47.1 Å². The number of hydrogen-bond acceptors (Lipinski definition) is 6. The first kappa shape index (κ1) is 23.0. The molecular weight excluding hydrogens is 447 g/mol. The minimum Gasteiger partial charge on any atom is -0.390 e. The van der Waals surface area contributed by atoms with Crippen molar-refractivity contribution in [3.8, 4) is 11.5 Å². The zero-order chi connectivity index (χ0) is 25.0. The molecule has 1 aliphatic heterocycles. The van der Waals surface area contributed by atoms with Crippen LogP contribution in [0.3, 0.4) is 0 Å². The van der Waals surface area contributed by atoms with Gasteiger partial charge in [-0.2, -0.15) is 5.10 Å². The van der Waals surface area contributed by atoms with Gasteiger partial charge in [-0.05, 0) is 58.7 Å². The van der Waals surface area contributed by atoms with Crippen LogP contribution in [-0.4, -0.2) is 41.3 Å². The van der Waals surface area contributed by atoms with Gasteiger partial charge in [0.2, 0.25) is 5.91 Å². The average Bonchev–Trinajstić information content (AvgIpc) is 3.27. The van der Waals surface area contributed by atoms with E-state index < -0.39 is 11.0 Å². The zero-order valence-corrected chi connectivity index (χ0v) is 20.1. The molecule has 4 heterocycles. The van der Waals surface area contributed by atoms with Crippen molar-refractivity contribution >= 4 is 22.8 Å². The molecule has 1 aliphatic rings. The second-order valence-corrected chi connectivity index (χ2v) is 10.1. The van der Waals surface area contributed by atoms with Crippen molar-refractivity contribution in [1.82, 2.24) is 24.7 Å². The maximum Gasteiger partial charge on any atom is 0.235 e. The summed E-state index contributed by atoms with van der Waals surface area (Å²) in [5.41, 5.74) is 1.31. The first-order chi connectivity index (χ1) is 16.5. The Morgan fingerprint density at radius 2 is 1.91 bits per heavy atom. The number of carbonyl (C=O) groups is 1. The van der Waals surface area contributed by atoms with E-state index in [1.165, 1.54) is 6.07 Å². The SMILES string of the molecule is CC(C)(O)CCc1nc(-c2nn(Cc3ccccc3F)c3ncccc23)nc2c1C(C)(C)C(=O)N2. The highest BCUT2D eigenvalue weighted by molar-refractivity contribution is 6.05. The quantitative estimate of drug-likeness (QED) is 0.437. The van der Waals surface area contributed by atoms with Gasteiger partial charge in [0.05, 0.1) is 28.6 Å². The number of fused-ring (bicyclic) bond motifs is 2. The second-order valence-electron chi connectivity index (χ2n) is 10.1. The molecule has 4 aromatic rings. The molecule has 9 heteroatoms. The van der Waals surface area contributed by atoms with E-state index in [2.05, 4.69) is 15.3 Å². The van der Waals surface area contributed by atoms with Gasteiger partial charge in [0.1, 0.15) is 17.3 Å². The normalized spacial score (nSPS) is 14.9. The summed E-state index contributed by atoms with van der Waals surface area (Å²) in [5, 5.41) is 18.7. The van der Waals surface area contributed by atoms with Crippen LogP contribution in [0.2, 0.25) is 0 Å². The molecule has 0 saturated carbocycles. The lowest BCUT2D eigenvalue weighted by molar-refractivity contribution is -0.119. The van der Waals surface area contributed by atoms with Crippen LogP contribution in [0.25, 0.3) is 22.6 Å². The number of hydrogen-bond donors (Lipinski definition) is 2. The summed E-state index contributed by atoms with van der Waals surface area (Å²) in [5.74, 6) is 0.329. The maximum atomic E-state index is 14.4. The number of nitrogens with zero attached hydrogens (tertiary/aromatic N) is 5. The third-order valence-electron chi connectivity index (χ3n) is 6.38. The average molecular weight is 475 g/mol. The summed E-state index contributed by atoms with van der Waals surface area (Å²) in [6, 6.07) is 10.2. The summed E-state index contributed by atoms with van der Waals surface area (Å²) in [7, 11) is 0. The molecule has 0 spiro atoms. The predicted octanol–water partition coefficient (Wildman–Crippen LogP) is 4.01. The number of amides is 1. The van der Waals surface area contributed by atoms with Crippen LogP contribution in [0, 0.1) is 5.82 Å². The summed E-state index contributed by atoms with van der Waals surface area (Å²) in [4.78, 5) is 26.7. The minimum absolute atomic E-state index is 0.153. The molecule has 0 radical (unpaired) electrons. The van der Waals surface area contributed by atoms with Crippen LogP contribution in [-0.2, 0) is 23.2 Å². The second kappa shape index (κ2) is 8.20. The van der Waals surface area contributed by atoms with Crippen molar-refractivity contribution in [2.75, 3.05) is 5.32 Å². The summed E-state index contributed by atoms with van der Waals surface area (Å²) < 4.78 is 16.0. The fourth-order valence-electron chi connectivity index (χ4n) is 4.42. The number of aryl methyl sites for hydroxylation is 1. The molecule has 1 amide bonds. The Balaban J connectivity index is 1.66. The molecule has 1 aromatic carbocycles. The monoisotopic (exact) mass is 474 g/mol. The highest BCUT2D eigenvalue weighted by Gasteiger charge is 2.42. The molecule has 180 valence electrons. The number of nitrogens with one attached hydrogen (secondary N) is 1. The Morgan fingerprint density at radius 3 is 2.66 bits per heavy atom. The van der Waals surface area contributed by atoms with Gasteiger partial charge in [0.15, 0.2) is 11.5 Å². The van der Waals surface area contributed by atoms with Gasteiger partial charge >= 0.3 is 0 Å². The van der Waals surface area contributed by atoms with E-state index in [4.69, 9.17) is 10.1 Å². The van der Waals surface area contributed by atoms with Crippen LogP contribution in [0.1, 0.15) is 50.9 Å². The van der Waals surface area contributed by atoms with Crippen LogP contribution >= 0.6 is 0 Å². The van der Waals surface area contributed by atoms with Crippen molar-refractivity contribution in [2.45, 2.75) is 58.1 Å². The van der Waals surface area contributed by atoms with E-state index in [0.717, 1.165) is 10.9 Å². The van der Waals surface area contributed by atoms with E-state index >= 15 is 0 Å². The molecule has 2 N–H and O–H groups in total. The van der Waals surface area contributed by atoms with Crippen LogP contribution in [0.5, 0.6) is 0 Å². The van der Waals surface area contributed by atoms with Gasteiger partial charge in [-0.15, -0.1) is 0 Å². The van der Waals surface area contributed by atoms with Gasteiger partial charge in [0.25, 0.3) is 0 Å². The highest BCUT2D eigenvalue weighted by Crippen LogP contribution is 2.40. The van der Waals surface area contributed by atoms with Crippen LogP contribution in [0.4, 0.5) is 10.2 Å². The van der Waals surface area contributed by atoms with E-state index in [9.17, 15) is 14.3 Å². The Kier molecular flexibility index (Phi) is 5.40. The largest absolute Gasteiger partial charge is 0.390 e.